The number of piperazine rings is 1. The molecule has 4 amide bonds. The lowest BCUT2D eigenvalue weighted by atomic mass is 10.0. The van der Waals surface area contributed by atoms with E-state index in [4.69, 9.17) is 5.73 Å². The van der Waals surface area contributed by atoms with Crippen molar-refractivity contribution in [3.63, 3.8) is 0 Å². The van der Waals surface area contributed by atoms with Crippen molar-refractivity contribution in [1.29, 1.82) is 0 Å². The summed E-state index contributed by atoms with van der Waals surface area (Å²) in [5, 5.41) is 9.77. The molecular formula is C32H39N5O5. The van der Waals surface area contributed by atoms with Gasteiger partial charge in [0.1, 0.15) is 0 Å². The van der Waals surface area contributed by atoms with Crippen LogP contribution in [0.5, 0.6) is 0 Å². The van der Waals surface area contributed by atoms with E-state index in [1.165, 1.54) is 4.90 Å². The summed E-state index contributed by atoms with van der Waals surface area (Å²) in [5.41, 5.74) is 9.21. The lowest BCUT2D eigenvalue weighted by Gasteiger charge is -2.43. The second-order valence-electron chi connectivity index (χ2n) is 10.9. The molecule has 0 aliphatic carbocycles. The Hall–Kier alpha value is -4.60. The van der Waals surface area contributed by atoms with Crippen molar-refractivity contribution in [3.8, 4) is 16.9 Å². The summed E-state index contributed by atoms with van der Waals surface area (Å²) in [6.45, 7) is 6.34. The molecular weight excluding hydrogens is 534 g/mol. The average molecular weight is 574 g/mol. The number of carbonyl (C=O) groups is 4. The lowest BCUT2D eigenvalue weighted by Crippen LogP contribution is -2.60. The molecule has 42 heavy (non-hydrogen) atoms. The van der Waals surface area contributed by atoms with Crippen LogP contribution >= 0.6 is 0 Å². The molecule has 0 bridgehead atoms. The molecule has 10 heteroatoms. The quantitative estimate of drug-likeness (QED) is 0.377. The monoisotopic (exact) mass is 573 g/mol. The molecule has 0 saturated carbocycles. The predicted molar refractivity (Wildman–Crippen MR) is 160 cm³/mol. The number of hydrogen-bond acceptors (Lipinski definition) is 4. The summed E-state index contributed by atoms with van der Waals surface area (Å²) in [6.07, 6.45) is -0.481. The normalized spacial score (nSPS) is 15.1. The number of rotatable bonds is 10. The van der Waals surface area contributed by atoms with Crippen LogP contribution in [0.1, 0.15) is 49.2 Å². The van der Waals surface area contributed by atoms with Crippen LogP contribution < -0.4 is 5.73 Å². The van der Waals surface area contributed by atoms with Gasteiger partial charge in [-0.05, 0) is 51.0 Å². The Kier molecular flexibility index (Phi) is 9.67. The van der Waals surface area contributed by atoms with E-state index in [0.717, 1.165) is 22.6 Å². The van der Waals surface area contributed by atoms with Gasteiger partial charge >= 0.3 is 6.09 Å². The van der Waals surface area contributed by atoms with Crippen molar-refractivity contribution in [1.82, 2.24) is 19.3 Å². The molecule has 2 aromatic carbocycles. The van der Waals surface area contributed by atoms with E-state index in [2.05, 4.69) is 4.57 Å². The first kappa shape index (κ1) is 30.4. The zero-order valence-corrected chi connectivity index (χ0v) is 24.4. The molecule has 0 radical (unpaired) electrons. The van der Waals surface area contributed by atoms with Crippen LogP contribution in [0.4, 0.5) is 4.79 Å². The molecule has 1 aliphatic heterocycles. The first-order valence-electron chi connectivity index (χ1n) is 14.3. The lowest BCUT2D eigenvalue weighted by molar-refractivity contribution is -0.134. The van der Waals surface area contributed by atoms with Crippen LogP contribution in [0.2, 0.25) is 0 Å². The van der Waals surface area contributed by atoms with Crippen LogP contribution in [0.15, 0.2) is 66.7 Å². The topological polar surface area (TPSA) is 129 Å². The smallest absolute Gasteiger partial charge is 0.407 e. The molecule has 1 saturated heterocycles. The van der Waals surface area contributed by atoms with E-state index in [1.54, 1.807) is 9.80 Å². The summed E-state index contributed by atoms with van der Waals surface area (Å²) in [6, 6.07) is 20.7. The molecule has 10 nitrogen and oxygen atoms in total. The Morgan fingerprint density at radius 1 is 0.976 bits per heavy atom. The minimum absolute atomic E-state index is 0.0813. The van der Waals surface area contributed by atoms with Gasteiger partial charge in [0, 0.05) is 56.4 Å². The molecule has 0 spiro atoms. The Balaban J connectivity index is 1.72. The maximum atomic E-state index is 14.4. The van der Waals surface area contributed by atoms with Crippen LogP contribution in [0, 0.1) is 6.92 Å². The molecule has 1 aliphatic rings. The number of nitrogens with two attached hydrogens (primary N) is 1. The van der Waals surface area contributed by atoms with Gasteiger partial charge in [-0.3, -0.25) is 14.4 Å². The molecule has 1 fully saturated rings. The van der Waals surface area contributed by atoms with Gasteiger partial charge in [0.25, 0.3) is 5.91 Å². The predicted octanol–water partition coefficient (Wildman–Crippen LogP) is 4.15. The van der Waals surface area contributed by atoms with Crippen molar-refractivity contribution < 1.29 is 24.3 Å². The third-order valence-corrected chi connectivity index (χ3v) is 7.66. The fourth-order valence-electron chi connectivity index (χ4n) is 5.58. The van der Waals surface area contributed by atoms with E-state index in [1.807, 2.05) is 87.5 Å². The number of aromatic nitrogens is 1. The number of nitrogens with zero attached hydrogens (tertiary/aromatic N) is 4. The van der Waals surface area contributed by atoms with Crippen molar-refractivity contribution >= 4 is 23.8 Å². The van der Waals surface area contributed by atoms with Gasteiger partial charge in [-0.2, -0.15) is 0 Å². The summed E-state index contributed by atoms with van der Waals surface area (Å²) < 4.78 is 2.06. The Morgan fingerprint density at radius 2 is 1.62 bits per heavy atom. The van der Waals surface area contributed by atoms with Crippen LogP contribution in [-0.2, 0) is 9.59 Å². The van der Waals surface area contributed by atoms with Gasteiger partial charge in [0.15, 0.2) is 0 Å². The standard InChI is InChI=1S/C32H39N5O5/c1-22(2)36(29(39)16-10-15-28(33)38)21-26-20-34(32(41)42)17-18-35(26)31(40)27-19-23(3)37(25-13-8-5-9-14-25)30(27)24-11-6-4-7-12-24/h4-9,11-14,19,22,26H,10,15-18,20-21H2,1-3H3,(H2,33,38)(H,41,42)/t26-/m0/s1. The van der Waals surface area contributed by atoms with Crippen LogP contribution in [0.25, 0.3) is 16.9 Å². The largest absolute Gasteiger partial charge is 0.465 e. The molecule has 4 rings (SSSR count). The molecule has 3 aromatic rings. The number of para-hydroxylation sites is 1. The zero-order chi connectivity index (χ0) is 30.4. The van der Waals surface area contributed by atoms with Crippen LogP contribution in [-0.4, -0.2) is 86.5 Å². The summed E-state index contributed by atoms with van der Waals surface area (Å²) in [5.74, 6) is -0.847. The molecule has 0 unspecified atom stereocenters. The molecule has 1 atom stereocenters. The average Bonchev–Trinajstić information content (AvgIpc) is 3.32. The third kappa shape index (κ3) is 6.82. The Morgan fingerprint density at radius 3 is 2.21 bits per heavy atom. The highest BCUT2D eigenvalue weighted by molar-refractivity contribution is 6.01. The van der Waals surface area contributed by atoms with Gasteiger partial charge < -0.3 is 30.1 Å². The van der Waals surface area contributed by atoms with Gasteiger partial charge in [0.05, 0.1) is 17.3 Å². The minimum Gasteiger partial charge on any atom is -0.465 e. The van der Waals surface area contributed by atoms with Crippen molar-refractivity contribution in [2.75, 3.05) is 26.2 Å². The third-order valence-electron chi connectivity index (χ3n) is 7.66. The summed E-state index contributed by atoms with van der Waals surface area (Å²) >= 11 is 0. The molecule has 1 aromatic heterocycles. The van der Waals surface area contributed by atoms with Gasteiger partial charge in [-0.1, -0.05) is 48.5 Å². The number of amides is 4. The summed E-state index contributed by atoms with van der Waals surface area (Å²) in [4.78, 5) is 55.4. The van der Waals surface area contributed by atoms with Gasteiger partial charge in [-0.15, -0.1) is 0 Å². The van der Waals surface area contributed by atoms with Crippen molar-refractivity contribution in [2.45, 2.75) is 52.1 Å². The zero-order valence-electron chi connectivity index (χ0n) is 24.4. The number of aryl methyl sites for hydroxylation is 1. The second kappa shape index (κ2) is 13.4. The SMILES string of the molecule is Cc1cc(C(=O)N2CCN(C(=O)O)C[C@H]2CN(C(=O)CCCC(N)=O)C(C)C)c(-c2ccccc2)n1-c1ccccc1. The molecule has 3 N–H and O–H groups in total. The Labute approximate surface area is 246 Å². The highest BCUT2D eigenvalue weighted by Gasteiger charge is 2.37. The van der Waals surface area contributed by atoms with Crippen molar-refractivity contribution in [2.24, 2.45) is 5.73 Å². The molecule has 222 valence electrons. The maximum absolute atomic E-state index is 14.4. The fraction of sp³-hybridized carbons (Fsp3) is 0.375. The van der Waals surface area contributed by atoms with E-state index in [0.29, 0.717) is 12.0 Å². The Bertz CT molecular complexity index is 1420. The highest BCUT2D eigenvalue weighted by atomic mass is 16.4. The number of primary amides is 1. The maximum Gasteiger partial charge on any atom is 0.407 e. The van der Waals surface area contributed by atoms with E-state index in [9.17, 15) is 24.3 Å². The van der Waals surface area contributed by atoms with Crippen molar-refractivity contribution in [3.05, 3.63) is 78.0 Å². The molecule has 2 heterocycles. The van der Waals surface area contributed by atoms with Gasteiger partial charge in [0.2, 0.25) is 11.8 Å². The fourth-order valence-corrected chi connectivity index (χ4v) is 5.58. The minimum atomic E-state index is -1.06. The first-order chi connectivity index (χ1) is 20.1. The van der Waals surface area contributed by atoms with Crippen LogP contribution in [0.3, 0.4) is 0 Å². The number of hydrogen-bond donors (Lipinski definition) is 2. The second-order valence-corrected chi connectivity index (χ2v) is 10.9. The van der Waals surface area contributed by atoms with Gasteiger partial charge in [-0.25, -0.2) is 4.79 Å². The first-order valence-corrected chi connectivity index (χ1v) is 14.3. The van der Waals surface area contributed by atoms with E-state index in [-0.39, 0.29) is 56.9 Å². The summed E-state index contributed by atoms with van der Waals surface area (Å²) in [7, 11) is 0. The van der Waals surface area contributed by atoms with E-state index < -0.39 is 18.0 Å². The number of benzene rings is 2. The number of carbonyl (C=O) groups excluding carboxylic acids is 3. The highest BCUT2D eigenvalue weighted by Crippen LogP contribution is 2.32. The number of carboxylic acid groups (broad SMARTS) is 1. The van der Waals surface area contributed by atoms with E-state index >= 15 is 0 Å².